The normalized spacial score (nSPS) is 40.9. The minimum absolute atomic E-state index is 0.0402. The van der Waals surface area contributed by atoms with Crippen LogP contribution in [-0.2, 0) is 16.7 Å². The largest absolute Gasteiger partial charge is 0.385 e. The van der Waals surface area contributed by atoms with Crippen molar-refractivity contribution in [1.29, 1.82) is 0 Å². The molecule has 1 N–H and O–H groups in total. The number of allylic oxidation sites excluding steroid dienone is 1. The second-order valence-corrected chi connectivity index (χ2v) is 11.4. The Hall–Kier alpha value is -1.37. The maximum Gasteiger partial charge on any atom is 0.384 e. The molecule has 5 nitrogen and oxygen atoms in total. The minimum atomic E-state index is -3.74. The third-order valence-corrected chi connectivity index (χ3v) is 9.85. The van der Waals surface area contributed by atoms with E-state index in [1.807, 2.05) is 6.07 Å². The van der Waals surface area contributed by atoms with Crippen molar-refractivity contribution in [3.8, 4) is 5.75 Å². The molecule has 28 heavy (non-hydrogen) atoms. The number of aliphatic hydroxyl groups is 1. The summed E-state index contributed by atoms with van der Waals surface area (Å²) in [6, 6.07) is 5.78. The van der Waals surface area contributed by atoms with E-state index in [1.165, 1.54) is 25.2 Å². The summed E-state index contributed by atoms with van der Waals surface area (Å²) in [5, 5.41) is 11.2. The van der Waals surface area contributed by atoms with Crippen molar-refractivity contribution < 1.29 is 17.7 Å². The lowest BCUT2D eigenvalue weighted by molar-refractivity contribution is -0.0870. The molecule has 4 aliphatic rings. The van der Waals surface area contributed by atoms with Crippen LogP contribution in [0.1, 0.15) is 56.1 Å². The molecular weight excluding hydrogens is 374 g/mol. The van der Waals surface area contributed by atoms with Gasteiger partial charge in [-0.1, -0.05) is 25.1 Å². The first-order valence-corrected chi connectivity index (χ1v) is 11.7. The van der Waals surface area contributed by atoms with Crippen LogP contribution in [0.2, 0.25) is 0 Å². The van der Waals surface area contributed by atoms with E-state index in [0.717, 1.165) is 42.8 Å². The third-order valence-electron chi connectivity index (χ3n) is 8.55. The smallest absolute Gasteiger partial charge is 0.384 e. The van der Waals surface area contributed by atoms with Gasteiger partial charge in [0, 0.05) is 24.9 Å². The van der Waals surface area contributed by atoms with Crippen LogP contribution in [0.5, 0.6) is 5.75 Å². The monoisotopic (exact) mass is 403 g/mol. The lowest BCUT2D eigenvalue weighted by Gasteiger charge is -2.56. The van der Waals surface area contributed by atoms with Gasteiger partial charge in [0.15, 0.2) is 0 Å². The predicted octanol–water partition coefficient (Wildman–Crippen LogP) is 3.40. The molecule has 5 atom stereocenters. The van der Waals surface area contributed by atoms with Gasteiger partial charge in [0.2, 0.25) is 0 Å². The fourth-order valence-electron chi connectivity index (χ4n) is 6.90. The summed E-state index contributed by atoms with van der Waals surface area (Å²) in [7, 11) is -0.806. The highest BCUT2D eigenvalue weighted by Gasteiger charge is 2.70. The highest BCUT2D eigenvalue weighted by atomic mass is 32.2. The molecule has 5 rings (SSSR count). The van der Waals surface area contributed by atoms with Gasteiger partial charge >= 0.3 is 10.3 Å². The van der Waals surface area contributed by atoms with E-state index in [9.17, 15) is 13.5 Å². The van der Waals surface area contributed by atoms with Gasteiger partial charge in [0.05, 0.1) is 5.60 Å². The fraction of sp³-hybridized carbons (Fsp3) is 0.636. The van der Waals surface area contributed by atoms with Gasteiger partial charge in [-0.15, -0.1) is 0 Å². The van der Waals surface area contributed by atoms with Crippen LogP contribution in [-0.4, -0.2) is 37.5 Å². The number of nitrogens with zero attached hydrogens (tertiary/aromatic N) is 1. The maximum absolute atomic E-state index is 12.0. The Bertz CT molecular complexity index is 971. The molecule has 0 aromatic heterocycles. The molecular formula is C22H29NO4S. The zero-order valence-electron chi connectivity index (χ0n) is 16.8. The number of fused-ring (bicyclic) bond motifs is 3. The molecule has 2 saturated carbocycles. The molecule has 152 valence electrons. The molecule has 1 aromatic rings. The summed E-state index contributed by atoms with van der Waals surface area (Å²) in [6.07, 6.45) is 10.5. The average molecular weight is 404 g/mol. The van der Waals surface area contributed by atoms with Crippen molar-refractivity contribution in [2.24, 2.45) is 16.7 Å². The highest BCUT2D eigenvalue weighted by molar-refractivity contribution is 7.84. The standard InChI is InChI=1S/C22H29NO4S/c1-20-9-8-18-17-6-5-16(27-28(25,26)23(2)3)14-15(17)4-7-19(18)21(20)10-12-22(20,24)13-11-21/h5-6,10,12,14,18-19,24H,4,7-9,11,13H2,1-3H3/t18-,19-,20+,21+,22-/m1/s1. The van der Waals surface area contributed by atoms with Crippen LogP contribution >= 0.6 is 0 Å². The number of hydrogen-bond acceptors (Lipinski definition) is 4. The summed E-state index contributed by atoms with van der Waals surface area (Å²) in [5.74, 6) is 1.41. The topological polar surface area (TPSA) is 66.8 Å². The summed E-state index contributed by atoms with van der Waals surface area (Å²) >= 11 is 0. The number of aryl methyl sites for hydroxylation is 1. The first-order valence-electron chi connectivity index (χ1n) is 10.3. The fourth-order valence-corrected chi connectivity index (χ4v) is 7.39. The van der Waals surface area contributed by atoms with Crippen molar-refractivity contribution in [2.75, 3.05) is 14.1 Å². The van der Waals surface area contributed by atoms with E-state index in [-0.39, 0.29) is 10.8 Å². The lowest BCUT2D eigenvalue weighted by Crippen LogP contribution is -2.52. The van der Waals surface area contributed by atoms with E-state index in [1.54, 1.807) is 6.07 Å². The molecule has 1 aromatic carbocycles. The Morgan fingerprint density at radius 2 is 1.93 bits per heavy atom. The average Bonchev–Trinajstić information content (AvgIpc) is 3.02. The zero-order valence-corrected chi connectivity index (χ0v) is 17.6. The second kappa shape index (κ2) is 5.61. The minimum Gasteiger partial charge on any atom is -0.385 e. The summed E-state index contributed by atoms with van der Waals surface area (Å²) in [6.45, 7) is 2.30. The summed E-state index contributed by atoms with van der Waals surface area (Å²) in [5.41, 5.74) is 1.99. The van der Waals surface area contributed by atoms with Gasteiger partial charge in [-0.25, -0.2) is 0 Å². The van der Waals surface area contributed by atoms with Crippen molar-refractivity contribution in [3.63, 3.8) is 0 Å². The van der Waals surface area contributed by atoms with Crippen LogP contribution in [0, 0.1) is 16.7 Å². The predicted molar refractivity (Wildman–Crippen MR) is 107 cm³/mol. The van der Waals surface area contributed by atoms with Crippen LogP contribution in [0.25, 0.3) is 0 Å². The van der Waals surface area contributed by atoms with Gasteiger partial charge in [-0.2, -0.15) is 12.7 Å². The summed E-state index contributed by atoms with van der Waals surface area (Å²) < 4.78 is 30.4. The van der Waals surface area contributed by atoms with Crippen molar-refractivity contribution >= 4 is 10.3 Å². The first-order chi connectivity index (χ1) is 13.1. The third kappa shape index (κ3) is 2.17. The lowest BCUT2D eigenvalue weighted by atomic mass is 9.48. The molecule has 0 heterocycles. The van der Waals surface area contributed by atoms with Crippen LogP contribution in [0.15, 0.2) is 30.4 Å². The van der Waals surface area contributed by atoms with Crippen LogP contribution in [0.4, 0.5) is 0 Å². The van der Waals surface area contributed by atoms with E-state index in [0.29, 0.717) is 17.6 Å². The quantitative estimate of drug-likeness (QED) is 0.786. The highest BCUT2D eigenvalue weighted by Crippen LogP contribution is 2.74. The van der Waals surface area contributed by atoms with Gasteiger partial charge < -0.3 is 9.29 Å². The van der Waals surface area contributed by atoms with E-state index in [2.05, 4.69) is 25.1 Å². The van der Waals surface area contributed by atoms with Crippen molar-refractivity contribution in [2.45, 2.75) is 57.0 Å². The Kier molecular flexibility index (Phi) is 3.74. The van der Waals surface area contributed by atoms with Gasteiger partial charge in [-0.05, 0) is 73.6 Å². The maximum atomic E-state index is 12.0. The number of hydrogen-bond donors (Lipinski definition) is 1. The Morgan fingerprint density at radius 1 is 1.14 bits per heavy atom. The van der Waals surface area contributed by atoms with Crippen LogP contribution < -0.4 is 4.18 Å². The Morgan fingerprint density at radius 3 is 2.61 bits per heavy atom. The zero-order chi connectivity index (χ0) is 19.9. The van der Waals surface area contributed by atoms with Crippen molar-refractivity contribution in [1.82, 2.24) is 4.31 Å². The molecule has 2 bridgehead atoms. The SMILES string of the molecule is CN(C)S(=O)(=O)Oc1ccc2c(c1)CC[C@@H]1[C@@H]2CC[C@]2(C)[C@@]3(O)C=C[C@]12CC3. The number of rotatable bonds is 3. The molecule has 4 aliphatic carbocycles. The number of benzene rings is 1. The summed E-state index contributed by atoms with van der Waals surface area (Å²) in [4.78, 5) is 0. The molecule has 0 saturated heterocycles. The molecule has 2 fully saturated rings. The van der Waals surface area contributed by atoms with E-state index >= 15 is 0 Å². The van der Waals surface area contributed by atoms with Gasteiger partial charge in [0.1, 0.15) is 5.75 Å². The van der Waals surface area contributed by atoms with Crippen LogP contribution in [0.3, 0.4) is 0 Å². The van der Waals surface area contributed by atoms with Gasteiger partial charge in [0.25, 0.3) is 0 Å². The second-order valence-electron chi connectivity index (χ2n) is 9.60. The van der Waals surface area contributed by atoms with E-state index < -0.39 is 15.9 Å². The molecule has 0 aliphatic heterocycles. The molecule has 6 heteroatoms. The molecule has 0 spiro atoms. The van der Waals surface area contributed by atoms with E-state index in [4.69, 9.17) is 4.18 Å². The molecule has 0 unspecified atom stereocenters. The Labute approximate surface area is 167 Å². The van der Waals surface area contributed by atoms with Crippen molar-refractivity contribution in [3.05, 3.63) is 41.5 Å². The van der Waals surface area contributed by atoms with Gasteiger partial charge in [-0.3, -0.25) is 0 Å². The Balaban J connectivity index is 1.48. The molecule has 0 radical (unpaired) electrons. The first kappa shape index (κ1) is 18.6. The molecule has 0 amide bonds.